The van der Waals surface area contributed by atoms with Crippen molar-refractivity contribution >= 4 is 69.3 Å². The third-order valence-electron chi connectivity index (χ3n) is 4.68. The normalized spacial score (nSPS) is 20.3. The number of aliphatic carboxylic acids is 1. The Morgan fingerprint density at radius 3 is 2.76 bits per heavy atom. The van der Waals surface area contributed by atoms with Crippen molar-refractivity contribution in [2.75, 3.05) is 11.5 Å². The summed E-state index contributed by atoms with van der Waals surface area (Å²) in [6.07, 6.45) is 3.28. The van der Waals surface area contributed by atoms with E-state index in [1.165, 1.54) is 17.1 Å². The van der Waals surface area contributed by atoms with Crippen molar-refractivity contribution in [2.45, 2.75) is 18.3 Å². The summed E-state index contributed by atoms with van der Waals surface area (Å²) in [7, 11) is 0. The Kier molecular flexibility index (Phi) is 7.92. The van der Waals surface area contributed by atoms with Gasteiger partial charge in [0.05, 0.1) is 22.2 Å². The number of thiazole rings is 1. The van der Waals surface area contributed by atoms with Gasteiger partial charge in [0.15, 0.2) is 10.8 Å². The minimum absolute atomic E-state index is 0. The van der Waals surface area contributed by atoms with Crippen LogP contribution in [0.25, 0.3) is 6.08 Å². The topological polar surface area (TPSA) is 187 Å². The van der Waals surface area contributed by atoms with Crippen LogP contribution in [0.4, 0.5) is 5.13 Å². The molecule has 0 bridgehead atoms. The number of nitrogens with zero attached hydrogens (tertiary/aromatic N) is 5. The first kappa shape index (κ1) is 25.3. The average molecular weight is 516 g/mol. The molecule has 2 atom stereocenters. The summed E-state index contributed by atoms with van der Waals surface area (Å²) >= 11 is 3.50. The Morgan fingerprint density at radius 2 is 2.18 bits per heavy atom. The first-order valence-corrected chi connectivity index (χ1v) is 11.6. The maximum atomic E-state index is 12.7. The second-order valence-corrected chi connectivity index (χ2v) is 9.38. The van der Waals surface area contributed by atoms with Crippen LogP contribution in [-0.4, -0.2) is 65.3 Å². The van der Waals surface area contributed by atoms with Crippen molar-refractivity contribution in [2.24, 2.45) is 5.16 Å². The number of hydrogen-bond donors (Lipinski definition) is 3. The van der Waals surface area contributed by atoms with Crippen molar-refractivity contribution in [3.8, 4) is 0 Å². The van der Waals surface area contributed by atoms with Gasteiger partial charge in [-0.2, -0.15) is 0 Å². The van der Waals surface area contributed by atoms with Gasteiger partial charge in [-0.25, -0.2) is 4.98 Å². The summed E-state index contributed by atoms with van der Waals surface area (Å²) < 4.78 is 3.82. The number of carboxylic acid groups (broad SMARTS) is 1. The fourth-order valence-corrected chi connectivity index (χ4v) is 5.57. The fourth-order valence-electron chi connectivity index (χ4n) is 3.15. The van der Waals surface area contributed by atoms with E-state index >= 15 is 0 Å². The zero-order chi connectivity index (χ0) is 23.0. The molecule has 4 rings (SSSR count). The number of oxime groups is 1. The predicted molar refractivity (Wildman–Crippen MR) is 116 cm³/mol. The third-order valence-corrected chi connectivity index (χ3v) is 7.45. The smallest absolute Gasteiger partial charge is 0.543 e. The van der Waals surface area contributed by atoms with Gasteiger partial charge in [-0.15, -0.1) is 28.2 Å². The van der Waals surface area contributed by atoms with Gasteiger partial charge in [0, 0.05) is 11.1 Å². The molecule has 0 aliphatic carbocycles. The number of nitrogen functional groups attached to an aromatic ring is 1. The molecule has 2 amide bonds. The standard InChI is InChI=1S/C17H15N7O5S3.Na/c1-6-9(32-23-21-6)3-2-7-4-30-15-11(14(26)24(15)12(7)16(27)28)20-13(25)10(22-29)8-5-31-17(18)19-8;/h2-3,5,11,15,29H,4H2,1H3,(H2,18,19)(H,20,25)(H,27,28);/q;+1/p-1/b3-2-,22-10-;. The molecule has 4 N–H and O–H groups in total. The van der Waals surface area contributed by atoms with Crippen LogP contribution in [0.2, 0.25) is 0 Å². The molecule has 0 spiro atoms. The largest absolute Gasteiger partial charge is 1.00 e. The molecule has 16 heteroatoms. The van der Waals surface area contributed by atoms with Crippen molar-refractivity contribution in [1.29, 1.82) is 0 Å². The quantitative estimate of drug-likeness (QED) is 0.113. The van der Waals surface area contributed by atoms with Gasteiger partial charge in [-0.1, -0.05) is 15.7 Å². The zero-order valence-corrected chi connectivity index (χ0v) is 21.7. The van der Waals surface area contributed by atoms with E-state index in [1.807, 2.05) is 0 Å². The molecule has 1 fully saturated rings. The van der Waals surface area contributed by atoms with E-state index in [0.717, 1.165) is 32.6 Å². The van der Waals surface area contributed by atoms with Crippen LogP contribution in [0.5, 0.6) is 0 Å². The van der Waals surface area contributed by atoms with Crippen molar-refractivity contribution in [1.82, 2.24) is 24.8 Å². The maximum Gasteiger partial charge on any atom is 1.00 e. The number of aryl methyl sites for hydroxylation is 1. The summed E-state index contributed by atoms with van der Waals surface area (Å²) in [5.41, 5.74) is 6.04. The molecule has 2 aromatic heterocycles. The van der Waals surface area contributed by atoms with Crippen molar-refractivity contribution in [3.05, 3.63) is 39.0 Å². The molecule has 33 heavy (non-hydrogen) atoms. The van der Waals surface area contributed by atoms with Crippen LogP contribution >= 0.6 is 34.6 Å². The number of hydrogen-bond acceptors (Lipinski definition) is 13. The number of carbonyl (C=O) groups is 3. The van der Waals surface area contributed by atoms with E-state index in [0.29, 0.717) is 11.3 Å². The Hall–Kier alpha value is -2.30. The second kappa shape index (κ2) is 10.3. The number of thioether (sulfide) groups is 1. The van der Waals surface area contributed by atoms with Crippen molar-refractivity contribution in [3.63, 3.8) is 0 Å². The SMILES string of the molecule is Cc1nnsc1/C=C\C1=C(C(=O)[O-])N2C(=O)C(NC(=O)/C(=N\O)c3csc(N)n3)C2SC1.[Na+]. The van der Waals surface area contributed by atoms with E-state index in [9.17, 15) is 24.7 Å². The first-order valence-electron chi connectivity index (χ1n) is 8.92. The van der Waals surface area contributed by atoms with Crippen LogP contribution in [0.3, 0.4) is 0 Å². The van der Waals surface area contributed by atoms with E-state index in [-0.39, 0.29) is 51.8 Å². The van der Waals surface area contributed by atoms with E-state index in [2.05, 4.69) is 25.0 Å². The summed E-state index contributed by atoms with van der Waals surface area (Å²) in [5, 5.41) is 31.3. The number of amides is 2. The molecule has 2 unspecified atom stereocenters. The van der Waals surface area contributed by atoms with E-state index in [1.54, 1.807) is 19.1 Å². The second-order valence-electron chi connectivity index (χ2n) is 6.60. The molecule has 2 aliphatic rings. The Bertz CT molecular complexity index is 1210. The molecule has 1 saturated heterocycles. The van der Waals surface area contributed by atoms with E-state index in [4.69, 9.17) is 5.73 Å². The van der Waals surface area contributed by atoms with Crippen molar-refractivity contribution < 1.29 is 54.3 Å². The molecule has 4 heterocycles. The number of allylic oxidation sites excluding steroid dienone is 1. The van der Waals surface area contributed by atoms with Gasteiger partial charge in [-0.05, 0) is 30.1 Å². The molecule has 2 aromatic rings. The summed E-state index contributed by atoms with van der Waals surface area (Å²) in [6.45, 7) is 1.78. The minimum atomic E-state index is -1.50. The monoisotopic (exact) mass is 515 g/mol. The number of anilines is 1. The van der Waals surface area contributed by atoms with Gasteiger partial charge in [0.2, 0.25) is 0 Å². The molecule has 12 nitrogen and oxygen atoms in total. The molecule has 2 aliphatic heterocycles. The zero-order valence-electron chi connectivity index (χ0n) is 17.2. The molecule has 166 valence electrons. The summed E-state index contributed by atoms with van der Waals surface area (Å²) in [5.74, 6) is -2.68. The number of β-lactam (4-membered cyclic amide) rings is 1. The number of carboxylic acids is 1. The molecule has 0 aromatic carbocycles. The van der Waals surface area contributed by atoms with Gasteiger partial charge < -0.3 is 26.2 Å². The minimum Gasteiger partial charge on any atom is -0.543 e. The van der Waals surface area contributed by atoms with Gasteiger partial charge in [0.1, 0.15) is 17.1 Å². The molecule has 0 radical (unpaired) electrons. The van der Waals surface area contributed by atoms with Crippen LogP contribution in [0, 0.1) is 6.92 Å². The average Bonchev–Trinajstić information content (AvgIpc) is 3.37. The van der Waals surface area contributed by atoms with E-state index < -0.39 is 34.9 Å². The number of aromatic nitrogens is 3. The van der Waals surface area contributed by atoms with Crippen LogP contribution in [-0.2, 0) is 14.4 Å². The molecular weight excluding hydrogens is 501 g/mol. The van der Waals surface area contributed by atoms with Crippen LogP contribution in [0.15, 0.2) is 27.9 Å². The van der Waals surface area contributed by atoms with Gasteiger partial charge in [0.25, 0.3) is 11.8 Å². The summed E-state index contributed by atoms with van der Waals surface area (Å²) in [6, 6.07) is -1.01. The Balaban J connectivity index is 0.00000306. The number of nitrogens with one attached hydrogen (secondary N) is 1. The predicted octanol–water partition coefficient (Wildman–Crippen LogP) is -3.82. The fraction of sp³-hybridized carbons (Fsp3) is 0.235. The van der Waals surface area contributed by atoms with Crippen LogP contribution in [0.1, 0.15) is 16.3 Å². The number of nitrogens with two attached hydrogens (primary N) is 1. The Morgan fingerprint density at radius 1 is 1.42 bits per heavy atom. The molecule has 0 saturated carbocycles. The first-order chi connectivity index (χ1) is 15.3. The van der Waals surface area contributed by atoms with Crippen LogP contribution < -0.4 is 45.7 Å². The Labute approximate surface area is 221 Å². The number of fused-ring (bicyclic) bond motifs is 1. The van der Waals surface area contributed by atoms with Gasteiger partial charge >= 0.3 is 29.6 Å². The number of rotatable bonds is 6. The van der Waals surface area contributed by atoms with Gasteiger partial charge in [-0.3, -0.25) is 14.5 Å². The maximum absolute atomic E-state index is 12.7. The number of carbonyl (C=O) groups excluding carboxylic acids is 3. The molecular formula is C17H14N7NaO5S3. The third kappa shape index (κ3) is 4.83. The summed E-state index contributed by atoms with van der Waals surface area (Å²) in [4.78, 5) is 42.8.